The molecule has 0 aromatic heterocycles. The van der Waals surface area contributed by atoms with Crippen molar-refractivity contribution in [3.8, 4) is 5.75 Å². The molecule has 1 aliphatic heterocycles. The molecule has 1 aromatic rings. The number of fused-ring (bicyclic) bond motifs is 1. The van der Waals surface area contributed by atoms with Crippen molar-refractivity contribution in [2.75, 3.05) is 11.4 Å². The minimum absolute atomic E-state index is 0.0576. The van der Waals surface area contributed by atoms with Crippen LogP contribution in [0.5, 0.6) is 5.75 Å². The summed E-state index contributed by atoms with van der Waals surface area (Å²) in [4.78, 5) is 13.8. The van der Waals surface area contributed by atoms with Crippen molar-refractivity contribution in [3.05, 3.63) is 35.9 Å². The molecular formula is C14H17NO3. The van der Waals surface area contributed by atoms with E-state index < -0.39 is 6.10 Å². The third-order valence-corrected chi connectivity index (χ3v) is 2.84. The van der Waals surface area contributed by atoms with Gasteiger partial charge >= 0.3 is 0 Å². The number of carbonyl (C=O) groups excluding carboxylic acids is 1. The Morgan fingerprint density at radius 3 is 2.89 bits per heavy atom. The van der Waals surface area contributed by atoms with E-state index in [1.165, 1.54) is 0 Å². The van der Waals surface area contributed by atoms with Crippen LogP contribution in [0.2, 0.25) is 0 Å². The van der Waals surface area contributed by atoms with E-state index in [0.29, 0.717) is 18.0 Å². The van der Waals surface area contributed by atoms with E-state index >= 15 is 0 Å². The van der Waals surface area contributed by atoms with Gasteiger partial charge in [0.2, 0.25) is 0 Å². The molecule has 0 fully saturated rings. The van der Waals surface area contributed by atoms with Crippen molar-refractivity contribution in [1.29, 1.82) is 0 Å². The molecule has 1 aliphatic rings. The Morgan fingerprint density at radius 1 is 1.56 bits per heavy atom. The second kappa shape index (κ2) is 4.82. The third-order valence-electron chi connectivity index (χ3n) is 2.84. The summed E-state index contributed by atoms with van der Waals surface area (Å²) in [5.41, 5.74) is 2.36. The third kappa shape index (κ3) is 2.24. The van der Waals surface area contributed by atoms with Gasteiger partial charge < -0.3 is 14.7 Å². The Labute approximate surface area is 106 Å². The number of benzene rings is 1. The molecule has 1 N–H and O–H groups in total. The molecule has 0 saturated heterocycles. The molecule has 1 heterocycles. The van der Waals surface area contributed by atoms with E-state index in [-0.39, 0.29) is 12.5 Å². The van der Waals surface area contributed by atoms with Crippen molar-refractivity contribution < 1.29 is 14.6 Å². The van der Waals surface area contributed by atoms with Crippen molar-refractivity contribution in [1.82, 2.24) is 0 Å². The average Bonchev–Trinajstić information content (AvgIpc) is 2.34. The molecule has 18 heavy (non-hydrogen) atoms. The van der Waals surface area contributed by atoms with Crippen molar-refractivity contribution in [3.63, 3.8) is 0 Å². The van der Waals surface area contributed by atoms with E-state index in [2.05, 4.69) is 6.58 Å². The summed E-state index contributed by atoms with van der Waals surface area (Å²) in [5, 5.41) is 9.16. The van der Waals surface area contributed by atoms with Gasteiger partial charge in [-0.25, -0.2) is 0 Å². The summed E-state index contributed by atoms with van der Waals surface area (Å²) in [6.45, 7) is 7.86. The highest BCUT2D eigenvalue weighted by Crippen LogP contribution is 2.35. The highest BCUT2D eigenvalue weighted by Gasteiger charge is 2.31. The first kappa shape index (κ1) is 12.6. The molecule has 4 nitrogen and oxygen atoms in total. The van der Waals surface area contributed by atoms with E-state index in [4.69, 9.17) is 9.84 Å². The molecule has 0 spiro atoms. The van der Waals surface area contributed by atoms with Gasteiger partial charge in [0.1, 0.15) is 5.75 Å². The highest BCUT2D eigenvalue weighted by atomic mass is 16.5. The molecule has 0 aliphatic carbocycles. The van der Waals surface area contributed by atoms with Gasteiger partial charge in [0.05, 0.1) is 12.3 Å². The van der Waals surface area contributed by atoms with Gasteiger partial charge in [0, 0.05) is 6.54 Å². The molecular weight excluding hydrogens is 230 g/mol. The minimum atomic E-state index is -0.489. The highest BCUT2D eigenvalue weighted by molar-refractivity contribution is 6.00. The fraction of sp³-hybridized carbons (Fsp3) is 0.357. The van der Waals surface area contributed by atoms with Crippen LogP contribution in [0.4, 0.5) is 5.69 Å². The monoisotopic (exact) mass is 247 g/mol. The number of nitrogens with zero attached hydrogens (tertiary/aromatic N) is 1. The smallest absolute Gasteiger partial charge is 0.268 e. The first-order valence-corrected chi connectivity index (χ1v) is 5.89. The van der Waals surface area contributed by atoms with Crippen LogP contribution in [0.3, 0.4) is 0 Å². The largest absolute Gasteiger partial charge is 0.479 e. The number of aliphatic hydroxyl groups excluding tert-OH is 1. The van der Waals surface area contributed by atoms with E-state index in [9.17, 15) is 4.79 Å². The molecule has 96 valence electrons. The zero-order valence-corrected chi connectivity index (χ0v) is 10.6. The normalized spacial score (nSPS) is 18.3. The Kier molecular flexibility index (Phi) is 3.39. The lowest BCUT2D eigenvalue weighted by molar-refractivity contribution is -0.125. The molecule has 1 atom stereocenters. The maximum absolute atomic E-state index is 12.1. The van der Waals surface area contributed by atoms with Crippen LogP contribution < -0.4 is 9.64 Å². The number of aliphatic hydroxyl groups is 1. The second-order valence-corrected chi connectivity index (χ2v) is 4.60. The summed E-state index contributed by atoms with van der Waals surface area (Å²) in [6.07, 6.45) is -0.489. The predicted octanol–water partition coefficient (Wildman–Crippen LogP) is 1.87. The zero-order valence-electron chi connectivity index (χ0n) is 10.6. The van der Waals surface area contributed by atoms with Crippen LogP contribution in [-0.2, 0) is 11.4 Å². The van der Waals surface area contributed by atoms with Gasteiger partial charge in [0.15, 0.2) is 6.10 Å². The lowest BCUT2D eigenvalue weighted by atomic mass is 10.1. The minimum Gasteiger partial charge on any atom is -0.479 e. The fourth-order valence-electron chi connectivity index (χ4n) is 1.98. The summed E-state index contributed by atoms with van der Waals surface area (Å²) in [7, 11) is 0. The molecule has 0 saturated carbocycles. The van der Waals surface area contributed by atoms with Crippen LogP contribution in [0.1, 0.15) is 19.4 Å². The van der Waals surface area contributed by atoms with Gasteiger partial charge in [-0.3, -0.25) is 4.79 Å². The van der Waals surface area contributed by atoms with Gasteiger partial charge in [-0.2, -0.15) is 0 Å². The number of rotatable bonds is 3. The maximum Gasteiger partial charge on any atom is 0.268 e. The summed E-state index contributed by atoms with van der Waals surface area (Å²) < 4.78 is 5.55. The summed E-state index contributed by atoms with van der Waals surface area (Å²) in [6, 6.07) is 5.36. The van der Waals surface area contributed by atoms with E-state index in [1.807, 2.05) is 6.92 Å². The molecule has 0 bridgehead atoms. The molecule has 2 rings (SSSR count). The Bertz CT molecular complexity index is 496. The van der Waals surface area contributed by atoms with Gasteiger partial charge in [-0.05, 0) is 31.5 Å². The van der Waals surface area contributed by atoms with Gasteiger partial charge in [-0.1, -0.05) is 18.2 Å². The second-order valence-electron chi connectivity index (χ2n) is 4.60. The first-order chi connectivity index (χ1) is 8.52. The van der Waals surface area contributed by atoms with Crippen LogP contribution in [-0.4, -0.2) is 23.7 Å². The van der Waals surface area contributed by atoms with Gasteiger partial charge in [0.25, 0.3) is 5.91 Å². The lowest BCUT2D eigenvalue weighted by Crippen LogP contribution is -2.45. The van der Waals surface area contributed by atoms with Crippen molar-refractivity contribution in [2.45, 2.75) is 26.6 Å². The van der Waals surface area contributed by atoms with Crippen molar-refractivity contribution >= 4 is 11.6 Å². The van der Waals surface area contributed by atoms with Gasteiger partial charge in [-0.15, -0.1) is 0 Å². The van der Waals surface area contributed by atoms with Crippen LogP contribution >= 0.6 is 0 Å². The summed E-state index contributed by atoms with van der Waals surface area (Å²) in [5.74, 6) is 0.584. The average molecular weight is 247 g/mol. The Hall–Kier alpha value is -1.81. The fourth-order valence-corrected chi connectivity index (χ4v) is 1.98. The Balaban J connectivity index is 2.45. The number of ether oxygens (including phenoxy) is 1. The molecule has 0 radical (unpaired) electrons. The number of hydrogen-bond acceptors (Lipinski definition) is 3. The lowest BCUT2D eigenvalue weighted by Gasteiger charge is -2.33. The number of anilines is 1. The van der Waals surface area contributed by atoms with Crippen LogP contribution in [0.25, 0.3) is 0 Å². The number of carbonyl (C=O) groups is 1. The quantitative estimate of drug-likeness (QED) is 0.829. The topological polar surface area (TPSA) is 49.8 Å². The molecule has 1 unspecified atom stereocenters. The van der Waals surface area contributed by atoms with E-state index in [0.717, 1.165) is 11.1 Å². The van der Waals surface area contributed by atoms with Crippen molar-refractivity contribution in [2.24, 2.45) is 0 Å². The number of hydrogen-bond donors (Lipinski definition) is 1. The molecule has 1 amide bonds. The zero-order chi connectivity index (χ0) is 13.3. The first-order valence-electron chi connectivity index (χ1n) is 5.89. The molecule has 4 heteroatoms. The predicted molar refractivity (Wildman–Crippen MR) is 69.6 cm³/mol. The molecule has 1 aromatic carbocycles. The van der Waals surface area contributed by atoms with Crippen LogP contribution in [0.15, 0.2) is 30.4 Å². The number of amides is 1. The Morgan fingerprint density at radius 2 is 2.28 bits per heavy atom. The van der Waals surface area contributed by atoms with E-state index in [1.54, 1.807) is 30.0 Å². The van der Waals surface area contributed by atoms with Crippen LogP contribution in [0, 0.1) is 0 Å². The maximum atomic E-state index is 12.1. The summed E-state index contributed by atoms with van der Waals surface area (Å²) >= 11 is 0. The SMILES string of the molecule is C=C(C)CN1C(=O)C(C)Oc2ccc(CO)cc21. The standard InChI is InChI=1S/C14H17NO3/c1-9(2)7-15-12-6-11(8-16)4-5-13(12)18-10(3)14(15)17/h4-6,10,16H,1,7-8H2,2-3H3.